The zero-order chi connectivity index (χ0) is 16.4. The van der Waals surface area contributed by atoms with Crippen LogP contribution >= 0.6 is 0 Å². The van der Waals surface area contributed by atoms with E-state index >= 15 is 0 Å². The highest BCUT2D eigenvalue weighted by Gasteiger charge is 2.33. The quantitative estimate of drug-likeness (QED) is 0.851. The molecule has 0 radical (unpaired) electrons. The van der Waals surface area contributed by atoms with E-state index in [0.29, 0.717) is 23.9 Å². The lowest BCUT2D eigenvalue weighted by Gasteiger charge is -2.21. The van der Waals surface area contributed by atoms with Crippen molar-refractivity contribution in [1.82, 2.24) is 19.3 Å². The van der Waals surface area contributed by atoms with E-state index in [4.69, 9.17) is 4.74 Å². The van der Waals surface area contributed by atoms with Crippen LogP contribution in [0.3, 0.4) is 0 Å². The van der Waals surface area contributed by atoms with E-state index in [1.54, 1.807) is 24.5 Å². The van der Waals surface area contributed by atoms with Gasteiger partial charge in [-0.25, -0.2) is 13.4 Å². The first kappa shape index (κ1) is 15.8. The minimum absolute atomic E-state index is 0.281. The molecule has 0 spiro atoms. The smallest absolute Gasteiger partial charge is 0.238 e. The first-order valence-electron chi connectivity index (χ1n) is 7.33. The summed E-state index contributed by atoms with van der Waals surface area (Å²) in [4.78, 5) is 12.7. The molecule has 3 rings (SSSR count). The Hall–Kier alpha value is -2.06. The van der Waals surface area contributed by atoms with Crippen LogP contribution in [0, 0.1) is 6.92 Å². The number of rotatable bonds is 4. The molecule has 1 saturated heterocycles. The average molecular weight is 334 g/mol. The Morgan fingerprint density at radius 2 is 2.17 bits per heavy atom. The van der Waals surface area contributed by atoms with Crippen molar-refractivity contribution in [1.29, 1.82) is 0 Å². The summed E-state index contributed by atoms with van der Waals surface area (Å²) in [6.07, 6.45) is 7.56. The second-order valence-electron chi connectivity index (χ2n) is 5.50. The third kappa shape index (κ3) is 3.48. The monoisotopic (exact) mass is 334 g/mol. The Morgan fingerprint density at radius 3 is 2.91 bits per heavy atom. The molecule has 1 aliphatic rings. The van der Waals surface area contributed by atoms with Crippen molar-refractivity contribution in [3.63, 3.8) is 0 Å². The van der Waals surface area contributed by atoms with Gasteiger partial charge in [0, 0.05) is 12.7 Å². The summed E-state index contributed by atoms with van der Waals surface area (Å²) in [6.45, 7) is 2.35. The first-order chi connectivity index (χ1) is 10.9. The molecule has 3 heterocycles. The number of aromatic nitrogens is 3. The van der Waals surface area contributed by atoms with E-state index in [2.05, 4.69) is 15.0 Å². The molecule has 122 valence electrons. The normalized spacial score (nSPS) is 19.0. The third-order valence-corrected chi connectivity index (χ3v) is 5.06. The first-order valence-corrected chi connectivity index (χ1v) is 9.18. The number of hydrogen-bond donors (Lipinski definition) is 0. The standard InChI is InChI=1S/C15H18N4O3S/c1-11-14(6-3-7-17-11)22-15-10-16-9-12(18-15)13-5-4-8-19(13)23(2,20)21/h3,6-7,9-10,13H,4-5,8H2,1-2H3. The van der Waals surface area contributed by atoms with Crippen molar-refractivity contribution in [2.24, 2.45) is 0 Å². The fourth-order valence-electron chi connectivity index (χ4n) is 2.69. The van der Waals surface area contributed by atoms with E-state index in [-0.39, 0.29) is 6.04 Å². The number of ether oxygens (including phenoxy) is 1. The average Bonchev–Trinajstić information content (AvgIpc) is 3.00. The summed E-state index contributed by atoms with van der Waals surface area (Å²) in [6, 6.07) is 3.30. The van der Waals surface area contributed by atoms with Gasteiger partial charge in [0.25, 0.3) is 0 Å². The van der Waals surface area contributed by atoms with Crippen LogP contribution in [-0.4, -0.2) is 40.5 Å². The molecule has 7 nitrogen and oxygen atoms in total. The van der Waals surface area contributed by atoms with Crippen molar-refractivity contribution < 1.29 is 13.2 Å². The molecule has 8 heteroatoms. The molecule has 2 aromatic rings. The van der Waals surface area contributed by atoms with Gasteiger partial charge in [-0.3, -0.25) is 9.97 Å². The maximum absolute atomic E-state index is 11.9. The van der Waals surface area contributed by atoms with Crippen LogP contribution < -0.4 is 4.74 Å². The van der Waals surface area contributed by atoms with Crippen LogP contribution in [0.25, 0.3) is 0 Å². The van der Waals surface area contributed by atoms with Crippen LogP contribution in [0.5, 0.6) is 11.6 Å². The van der Waals surface area contributed by atoms with Gasteiger partial charge in [-0.15, -0.1) is 0 Å². The molecular formula is C15H18N4O3S. The summed E-state index contributed by atoms with van der Waals surface area (Å²) in [7, 11) is -3.26. The Balaban J connectivity index is 1.87. The summed E-state index contributed by atoms with van der Waals surface area (Å²) >= 11 is 0. The van der Waals surface area contributed by atoms with Gasteiger partial charge in [0.05, 0.1) is 36.1 Å². The van der Waals surface area contributed by atoms with Crippen molar-refractivity contribution >= 4 is 10.0 Å². The van der Waals surface area contributed by atoms with Crippen molar-refractivity contribution in [2.45, 2.75) is 25.8 Å². The van der Waals surface area contributed by atoms with Crippen LogP contribution in [-0.2, 0) is 10.0 Å². The SMILES string of the molecule is Cc1ncccc1Oc1cncc(C2CCCN2S(C)(=O)=O)n1. The topological polar surface area (TPSA) is 85.3 Å². The summed E-state index contributed by atoms with van der Waals surface area (Å²) < 4.78 is 30.9. The molecule has 1 fully saturated rings. The Bertz CT molecular complexity index is 810. The van der Waals surface area contributed by atoms with Gasteiger partial charge in [0.15, 0.2) is 5.75 Å². The highest BCUT2D eigenvalue weighted by Crippen LogP contribution is 2.33. The minimum Gasteiger partial charge on any atom is -0.436 e. The number of pyridine rings is 1. The maximum Gasteiger partial charge on any atom is 0.238 e. The summed E-state index contributed by atoms with van der Waals surface area (Å²) in [5.74, 6) is 0.935. The second kappa shape index (κ2) is 6.21. The molecule has 0 bridgehead atoms. The zero-order valence-corrected chi connectivity index (χ0v) is 13.8. The van der Waals surface area contributed by atoms with Gasteiger partial charge in [-0.1, -0.05) is 0 Å². The Morgan fingerprint density at radius 1 is 1.35 bits per heavy atom. The number of aryl methyl sites for hydroxylation is 1. The molecule has 0 amide bonds. The number of hydrogen-bond acceptors (Lipinski definition) is 6. The van der Waals surface area contributed by atoms with E-state index in [0.717, 1.165) is 18.5 Å². The molecule has 23 heavy (non-hydrogen) atoms. The largest absolute Gasteiger partial charge is 0.436 e. The van der Waals surface area contributed by atoms with E-state index in [9.17, 15) is 8.42 Å². The van der Waals surface area contributed by atoms with Gasteiger partial charge < -0.3 is 4.74 Å². The molecule has 1 atom stereocenters. The van der Waals surface area contributed by atoms with E-state index in [1.165, 1.54) is 16.8 Å². The van der Waals surface area contributed by atoms with Gasteiger partial charge in [-0.2, -0.15) is 4.31 Å². The lowest BCUT2D eigenvalue weighted by atomic mass is 10.2. The van der Waals surface area contributed by atoms with Crippen molar-refractivity contribution in [2.75, 3.05) is 12.8 Å². The highest BCUT2D eigenvalue weighted by molar-refractivity contribution is 7.88. The third-order valence-electron chi connectivity index (χ3n) is 3.78. The summed E-state index contributed by atoms with van der Waals surface area (Å²) in [5, 5.41) is 0. The molecule has 0 N–H and O–H groups in total. The second-order valence-corrected chi connectivity index (χ2v) is 7.44. The van der Waals surface area contributed by atoms with Crippen LogP contribution in [0.15, 0.2) is 30.7 Å². The number of sulfonamides is 1. The lowest BCUT2D eigenvalue weighted by Crippen LogP contribution is -2.30. The van der Waals surface area contributed by atoms with E-state index in [1.807, 2.05) is 6.92 Å². The number of nitrogens with zero attached hydrogens (tertiary/aromatic N) is 4. The predicted octanol–water partition coefficient (Wildman–Crippen LogP) is 2.07. The predicted molar refractivity (Wildman–Crippen MR) is 84.6 cm³/mol. The lowest BCUT2D eigenvalue weighted by molar-refractivity contribution is 0.385. The molecule has 1 aliphatic heterocycles. The maximum atomic E-state index is 11.9. The van der Waals surface area contributed by atoms with E-state index < -0.39 is 10.0 Å². The van der Waals surface area contributed by atoms with Gasteiger partial charge in [-0.05, 0) is 31.9 Å². The molecular weight excluding hydrogens is 316 g/mol. The fourth-order valence-corrected chi connectivity index (χ4v) is 3.83. The minimum atomic E-state index is -3.26. The van der Waals surface area contributed by atoms with Crippen LogP contribution in [0.4, 0.5) is 0 Å². The molecule has 0 saturated carbocycles. The van der Waals surface area contributed by atoms with Crippen LogP contribution in [0.2, 0.25) is 0 Å². The molecule has 0 aromatic carbocycles. The van der Waals surface area contributed by atoms with Gasteiger partial charge in [0.1, 0.15) is 0 Å². The zero-order valence-electron chi connectivity index (χ0n) is 13.0. The molecule has 2 aromatic heterocycles. The van der Waals surface area contributed by atoms with Gasteiger partial charge in [0.2, 0.25) is 15.9 Å². The van der Waals surface area contributed by atoms with Crippen molar-refractivity contribution in [3.8, 4) is 11.6 Å². The summed E-state index contributed by atoms with van der Waals surface area (Å²) in [5.41, 5.74) is 1.35. The van der Waals surface area contributed by atoms with Crippen LogP contribution in [0.1, 0.15) is 30.3 Å². The molecule has 0 aliphatic carbocycles. The Labute approximate surface area is 135 Å². The fraction of sp³-hybridized carbons (Fsp3) is 0.400. The highest BCUT2D eigenvalue weighted by atomic mass is 32.2. The van der Waals surface area contributed by atoms with Crippen molar-refractivity contribution in [3.05, 3.63) is 42.1 Å². The Kier molecular flexibility index (Phi) is 4.27. The van der Waals surface area contributed by atoms with Gasteiger partial charge >= 0.3 is 0 Å². The molecule has 1 unspecified atom stereocenters.